The maximum absolute atomic E-state index is 10.9. The molecule has 0 aliphatic rings. The summed E-state index contributed by atoms with van der Waals surface area (Å²) in [6, 6.07) is 0. The minimum atomic E-state index is -0.123. The van der Waals surface area contributed by atoms with E-state index in [1.165, 1.54) is 0 Å². The van der Waals surface area contributed by atoms with Gasteiger partial charge in [0.1, 0.15) is 0 Å². The second-order valence-electron chi connectivity index (χ2n) is 2.97. The van der Waals surface area contributed by atoms with Gasteiger partial charge < -0.3 is 4.74 Å². The molecule has 0 rings (SSSR count). The van der Waals surface area contributed by atoms with Crippen LogP contribution in [0, 0.1) is 0 Å². The monoisotopic (exact) mass is 204 g/mol. The first-order valence-corrected chi connectivity index (χ1v) is 4.93. The molecule has 0 aromatic carbocycles. The lowest BCUT2D eigenvalue weighted by Gasteiger charge is -2.02. The van der Waals surface area contributed by atoms with E-state index in [1.54, 1.807) is 0 Å². The number of allylic oxidation sites excluding steroid dienone is 2. The Morgan fingerprint density at radius 1 is 1.31 bits per heavy atom. The Labute approximate surface area is 84.9 Å². The van der Waals surface area contributed by atoms with Gasteiger partial charge in [0.15, 0.2) is 0 Å². The molecule has 0 heterocycles. The Morgan fingerprint density at radius 3 is 2.38 bits per heavy atom. The first kappa shape index (κ1) is 12.5. The molecule has 0 saturated heterocycles. The summed E-state index contributed by atoms with van der Waals surface area (Å²) >= 11 is 5.77. The number of hydrogen-bond acceptors (Lipinski definition) is 2. The molecule has 0 amide bonds. The topological polar surface area (TPSA) is 26.3 Å². The number of carbonyl (C=O) groups is 1. The summed E-state index contributed by atoms with van der Waals surface area (Å²) in [6.07, 6.45) is 2.16. The van der Waals surface area contributed by atoms with Crippen molar-refractivity contribution in [2.24, 2.45) is 0 Å². The zero-order chi connectivity index (χ0) is 10.3. The van der Waals surface area contributed by atoms with E-state index in [-0.39, 0.29) is 5.97 Å². The average Bonchev–Trinajstić information content (AvgIpc) is 2.04. The largest absolute Gasteiger partial charge is 0.466 e. The van der Waals surface area contributed by atoms with Crippen molar-refractivity contribution in [3.63, 3.8) is 0 Å². The minimum Gasteiger partial charge on any atom is -0.466 e. The molecular weight excluding hydrogens is 188 g/mol. The Kier molecular flexibility index (Phi) is 6.69. The van der Waals surface area contributed by atoms with E-state index in [9.17, 15) is 4.79 Å². The molecule has 76 valence electrons. The molecule has 2 nitrogen and oxygen atoms in total. The van der Waals surface area contributed by atoms with Crippen molar-refractivity contribution in [3.05, 3.63) is 10.6 Å². The molecule has 0 N–H and O–H groups in total. The number of halogens is 1. The maximum atomic E-state index is 10.9. The molecule has 0 aromatic heterocycles. The van der Waals surface area contributed by atoms with Gasteiger partial charge in [0.2, 0.25) is 0 Å². The molecule has 0 aliphatic carbocycles. The van der Waals surface area contributed by atoms with Crippen LogP contribution in [0.2, 0.25) is 0 Å². The minimum absolute atomic E-state index is 0.123. The highest BCUT2D eigenvalue weighted by atomic mass is 35.5. The van der Waals surface area contributed by atoms with Crippen LogP contribution in [-0.2, 0) is 9.53 Å². The standard InChI is InChI=1S/C10H17ClO2/c1-4-13-10(12)7-5-6-8(2)9(3)11/h4-7H2,1-3H3/b9-8-. The predicted molar refractivity (Wildman–Crippen MR) is 54.7 cm³/mol. The highest BCUT2D eigenvalue weighted by molar-refractivity contribution is 6.29. The lowest BCUT2D eigenvalue weighted by Crippen LogP contribution is -2.03. The third-order valence-corrected chi connectivity index (χ3v) is 2.15. The zero-order valence-electron chi connectivity index (χ0n) is 8.52. The van der Waals surface area contributed by atoms with Crippen LogP contribution < -0.4 is 0 Å². The first-order valence-electron chi connectivity index (χ1n) is 4.55. The maximum Gasteiger partial charge on any atom is 0.305 e. The van der Waals surface area contributed by atoms with E-state index in [0.717, 1.165) is 23.4 Å². The molecular formula is C10H17ClO2. The summed E-state index contributed by atoms with van der Waals surface area (Å²) < 4.78 is 4.80. The normalized spacial score (nSPS) is 12.3. The summed E-state index contributed by atoms with van der Waals surface area (Å²) in [4.78, 5) is 10.9. The highest BCUT2D eigenvalue weighted by Crippen LogP contribution is 2.14. The first-order chi connectivity index (χ1) is 6.07. The van der Waals surface area contributed by atoms with Gasteiger partial charge in [-0.05, 0) is 33.6 Å². The van der Waals surface area contributed by atoms with E-state index in [1.807, 2.05) is 20.8 Å². The van der Waals surface area contributed by atoms with Crippen LogP contribution in [0.5, 0.6) is 0 Å². The molecule has 0 unspecified atom stereocenters. The Morgan fingerprint density at radius 2 is 1.92 bits per heavy atom. The molecule has 0 bridgehead atoms. The summed E-state index contributed by atoms with van der Waals surface area (Å²) in [5.41, 5.74) is 1.14. The SMILES string of the molecule is CCOC(=O)CCC/C(C)=C(/C)Cl. The lowest BCUT2D eigenvalue weighted by molar-refractivity contribution is -0.143. The molecule has 0 saturated carbocycles. The smallest absolute Gasteiger partial charge is 0.305 e. The van der Waals surface area contributed by atoms with Gasteiger partial charge in [0, 0.05) is 11.5 Å². The third kappa shape index (κ3) is 6.64. The average molecular weight is 205 g/mol. The van der Waals surface area contributed by atoms with Gasteiger partial charge in [-0.2, -0.15) is 0 Å². The molecule has 13 heavy (non-hydrogen) atoms. The summed E-state index contributed by atoms with van der Waals surface area (Å²) in [5.74, 6) is -0.123. The van der Waals surface area contributed by atoms with Crippen LogP contribution in [0.15, 0.2) is 10.6 Å². The highest BCUT2D eigenvalue weighted by Gasteiger charge is 2.01. The molecule has 0 aliphatic heterocycles. The van der Waals surface area contributed by atoms with Crippen molar-refractivity contribution < 1.29 is 9.53 Å². The Hall–Kier alpha value is -0.500. The van der Waals surface area contributed by atoms with Crippen molar-refractivity contribution in [2.75, 3.05) is 6.61 Å². The zero-order valence-corrected chi connectivity index (χ0v) is 9.28. The van der Waals surface area contributed by atoms with Crippen molar-refractivity contribution in [3.8, 4) is 0 Å². The fourth-order valence-corrected chi connectivity index (χ4v) is 0.998. The molecule has 0 fully saturated rings. The summed E-state index contributed by atoms with van der Waals surface area (Å²) in [7, 11) is 0. The molecule has 0 atom stereocenters. The van der Waals surface area contributed by atoms with E-state index in [0.29, 0.717) is 13.0 Å². The van der Waals surface area contributed by atoms with Gasteiger partial charge in [-0.25, -0.2) is 0 Å². The van der Waals surface area contributed by atoms with Crippen LogP contribution in [-0.4, -0.2) is 12.6 Å². The predicted octanol–water partition coefficient (Wildman–Crippen LogP) is 3.25. The van der Waals surface area contributed by atoms with Crippen molar-refractivity contribution in [1.82, 2.24) is 0 Å². The Balaban J connectivity index is 3.57. The van der Waals surface area contributed by atoms with Gasteiger partial charge >= 0.3 is 5.97 Å². The van der Waals surface area contributed by atoms with Crippen LogP contribution in [0.3, 0.4) is 0 Å². The second kappa shape index (κ2) is 6.96. The number of esters is 1. The summed E-state index contributed by atoms with van der Waals surface area (Å²) in [5, 5.41) is 0.823. The Bertz CT molecular complexity index is 193. The fraction of sp³-hybridized carbons (Fsp3) is 0.700. The number of hydrogen-bond donors (Lipinski definition) is 0. The van der Waals surface area contributed by atoms with Gasteiger partial charge in [0.05, 0.1) is 6.61 Å². The summed E-state index contributed by atoms with van der Waals surface area (Å²) in [6.45, 7) is 6.11. The lowest BCUT2D eigenvalue weighted by atomic mass is 10.1. The van der Waals surface area contributed by atoms with E-state index in [4.69, 9.17) is 16.3 Å². The van der Waals surface area contributed by atoms with Crippen LogP contribution in [0.1, 0.15) is 40.0 Å². The number of carbonyl (C=O) groups excluding carboxylic acids is 1. The van der Waals surface area contributed by atoms with Crippen molar-refractivity contribution in [1.29, 1.82) is 0 Å². The van der Waals surface area contributed by atoms with Crippen LogP contribution in [0.25, 0.3) is 0 Å². The number of rotatable bonds is 5. The second-order valence-corrected chi connectivity index (χ2v) is 3.54. The van der Waals surface area contributed by atoms with E-state index in [2.05, 4.69) is 0 Å². The van der Waals surface area contributed by atoms with Gasteiger partial charge in [-0.15, -0.1) is 0 Å². The fourth-order valence-electron chi connectivity index (χ4n) is 0.903. The molecule has 3 heteroatoms. The van der Waals surface area contributed by atoms with Crippen LogP contribution in [0.4, 0.5) is 0 Å². The van der Waals surface area contributed by atoms with Crippen LogP contribution >= 0.6 is 11.6 Å². The van der Waals surface area contributed by atoms with Gasteiger partial charge in [-0.3, -0.25) is 4.79 Å². The molecule has 0 aromatic rings. The third-order valence-electron chi connectivity index (χ3n) is 1.83. The van der Waals surface area contributed by atoms with Gasteiger partial charge in [-0.1, -0.05) is 17.2 Å². The van der Waals surface area contributed by atoms with E-state index < -0.39 is 0 Å². The van der Waals surface area contributed by atoms with E-state index >= 15 is 0 Å². The van der Waals surface area contributed by atoms with Crippen molar-refractivity contribution >= 4 is 17.6 Å². The quantitative estimate of drug-likeness (QED) is 0.643. The molecule has 0 spiro atoms. The molecule has 0 radical (unpaired) electrons. The van der Waals surface area contributed by atoms with Gasteiger partial charge in [0.25, 0.3) is 0 Å². The number of ether oxygens (including phenoxy) is 1. The van der Waals surface area contributed by atoms with Crippen molar-refractivity contribution in [2.45, 2.75) is 40.0 Å².